The Hall–Kier alpha value is -1.92. The number of rotatable bonds is 4. The minimum atomic E-state index is -0.420. The van der Waals surface area contributed by atoms with Crippen molar-refractivity contribution in [2.75, 3.05) is 7.11 Å². The molecular weight excluding hydrogens is 294 g/mol. The van der Waals surface area contributed by atoms with Crippen LogP contribution in [-0.2, 0) is 0 Å². The van der Waals surface area contributed by atoms with Crippen molar-refractivity contribution >= 4 is 33.9 Å². The molecule has 0 aliphatic heterocycles. The first kappa shape index (κ1) is 14.5. The molecule has 2 aromatic rings. The van der Waals surface area contributed by atoms with Crippen LogP contribution in [0.4, 0.5) is 5.69 Å². The lowest BCUT2D eigenvalue weighted by molar-refractivity contribution is -0.384. The SMILES string of the molecule is COc1ccc(C(=S)Sc2ccc([N+](=O)[O-])cc2)cc1. The van der Waals surface area contributed by atoms with Gasteiger partial charge in [-0.05, 0) is 42.0 Å². The molecule has 6 heteroatoms. The summed E-state index contributed by atoms with van der Waals surface area (Å²) in [6.45, 7) is 0. The number of nitrogens with zero attached hydrogens (tertiary/aromatic N) is 1. The van der Waals surface area contributed by atoms with Gasteiger partial charge in [-0.2, -0.15) is 0 Å². The maximum atomic E-state index is 10.6. The summed E-state index contributed by atoms with van der Waals surface area (Å²) in [5, 5.41) is 10.6. The number of ether oxygens (including phenoxy) is 1. The summed E-state index contributed by atoms with van der Waals surface area (Å²) < 4.78 is 5.80. The first-order valence-electron chi connectivity index (χ1n) is 5.71. The minimum Gasteiger partial charge on any atom is -0.497 e. The Labute approximate surface area is 125 Å². The molecule has 102 valence electrons. The van der Waals surface area contributed by atoms with Gasteiger partial charge in [0.25, 0.3) is 5.69 Å². The third kappa shape index (κ3) is 3.55. The van der Waals surface area contributed by atoms with Crippen molar-refractivity contribution in [3.05, 3.63) is 64.2 Å². The highest BCUT2D eigenvalue weighted by Gasteiger charge is 2.07. The Bertz CT molecular complexity index is 624. The zero-order chi connectivity index (χ0) is 14.5. The van der Waals surface area contributed by atoms with Crippen molar-refractivity contribution < 1.29 is 9.66 Å². The molecule has 0 bridgehead atoms. The number of nitro benzene ring substituents is 1. The molecule has 0 heterocycles. The third-order valence-electron chi connectivity index (χ3n) is 2.58. The van der Waals surface area contributed by atoms with Crippen LogP contribution in [-0.4, -0.2) is 16.2 Å². The fourth-order valence-electron chi connectivity index (χ4n) is 1.53. The van der Waals surface area contributed by atoms with E-state index in [1.54, 1.807) is 19.2 Å². The molecule has 0 fully saturated rings. The minimum absolute atomic E-state index is 0.0738. The predicted molar refractivity (Wildman–Crippen MR) is 83.6 cm³/mol. The van der Waals surface area contributed by atoms with Crippen molar-refractivity contribution in [3.8, 4) is 5.75 Å². The van der Waals surface area contributed by atoms with Crippen LogP contribution in [0.25, 0.3) is 0 Å². The average molecular weight is 305 g/mol. The van der Waals surface area contributed by atoms with Gasteiger partial charge in [-0.3, -0.25) is 10.1 Å². The molecule has 4 nitrogen and oxygen atoms in total. The topological polar surface area (TPSA) is 52.4 Å². The lowest BCUT2D eigenvalue weighted by atomic mass is 10.2. The van der Waals surface area contributed by atoms with Gasteiger partial charge in [-0.1, -0.05) is 24.0 Å². The predicted octanol–water partition coefficient (Wildman–Crippen LogP) is 4.07. The van der Waals surface area contributed by atoms with E-state index in [9.17, 15) is 10.1 Å². The number of nitro groups is 1. The molecule has 20 heavy (non-hydrogen) atoms. The van der Waals surface area contributed by atoms with Crippen molar-refractivity contribution in [2.24, 2.45) is 0 Å². The molecule has 0 aliphatic rings. The molecule has 0 radical (unpaired) electrons. The van der Waals surface area contributed by atoms with Crippen LogP contribution < -0.4 is 4.74 Å². The van der Waals surface area contributed by atoms with E-state index in [-0.39, 0.29) is 5.69 Å². The Balaban J connectivity index is 2.08. The molecular formula is C14H11NO3S2. The number of thiocarbonyl (C=S) groups is 1. The number of hydrogen-bond donors (Lipinski definition) is 0. The molecule has 0 amide bonds. The number of methoxy groups -OCH3 is 1. The Morgan fingerprint density at radius 1 is 1.15 bits per heavy atom. The zero-order valence-electron chi connectivity index (χ0n) is 10.6. The van der Waals surface area contributed by atoms with E-state index < -0.39 is 4.92 Å². The normalized spacial score (nSPS) is 10.1. The standard InChI is InChI=1S/C14H11NO3S2/c1-18-12-6-2-10(3-7-12)14(19)20-13-8-4-11(5-9-13)15(16)17/h2-9H,1H3. The van der Waals surface area contributed by atoms with Crippen LogP contribution in [0.1, 0.15) is 5.56 Å². The lowest BCUT2D eigenvalue weighted by Crippen LogP contribution is -1.92. The van der Waals surface area contributed by atoms with Gasteiger partial charge in [-0.25, -0.2) is 0 Å². The van der Waals surface area contributed by atoms with Crippen molar-refractivity contribution in [1.82, 2.24) is 0 Å². The Morgan fingerprint density at radius 3 is 2.25 bits per heavy atom. The number of hydrogen-bond acceptors (Lipinski definition) is 5. The van der Waals surface area contributed by atoms with Gasteiger partial charge in [0.05, 0.1) is 16.2 Å². The molecule has 0 saturated carbocycles. The first-order valence-corrected chi connectivity index (χ1v) is 6.93. The average Bonchev–Trinajstić information content (AvgIpc) is 2.48. The highest BCUT2D eigenvalue weighted by atomic mass is 32.2. The number of benzene rings is 2. The van der Waals surface area contributed by atoms with E-state index in [1.807, 2.05) is 24.3 Å². The van der Waals surface area contributed by atoms with Crippen LogP contribution in [0, 0.1) is 10.1 Å². The molecule has 0 unspecified atom stereocenters. The van der Waals surface area contributed by atoms with Gasteiger partial charge < -0.3 is 4.74 Å². The van der Waals surface area contributed by atoms with Crippen LogP contribution >= 0.6 is 24.0 Å². The Morgan fingerprint density at radius 2 is 1.75 bits per heavy atom. The highest BCUT2D eigenvalue weighted by molar-refractivity contribution is 8.23. The lowest BCUT2D eigenvalue weighted by Gasteiger charge is -2.05. The highest BCUT2D eigenvalue weighted by Crippen LogP contribution is 2.26. The number of non-ortho nitro benzene ring substituents is 1. The molecule has 0 aliphatic carbocycles. The molecule has 0 saturated heterocycles. The second-order valence-corrected chi connectivity index (χ2v) is 5.62. The van der Waals surface area contributed by atoms with Gasteiger partial charge in [0.1, 0.15) is 5.75 Å². The summed E-state index contributed by atoms with van der Waals surface area (Å²) in [7, 11) is 1.61. The largest absolute Gasteiger partial charge is 0.497 e. The maximum absolute atomic E-state index is 10.6. The van der Waals surface area contributed by atoms with E-state index in [0.29, 0.717) is 4.20 Å². The summed E-state index contributed by atoms with van der Waals surface area (Å²) in [4.78, 5) is 11.0. The summed E-state index contributed by atoms with van der Waals surface area (Å²) in [6.07, 6.45) is 0. The molecule has 0 atom stereocenters. The van der Waals surface area contributed by atoms with E-state index in [4.69, 9.17) is 17.0 Å². The molecule has 0 aromatic heterocycles. The second-order valence-electron chi connectivity index (χ2n) is 3.87. The summed E-state index contributed by atoms with van der Waals surface area (Å²) in [5.41, 5.74) is 0.994. The number of thioether (sulfide) groups is 1. The molecule has 0 spiro atoms. The van der Waals surface area contributed by atoms with Crippen molar-refractivity contribution in [3.63, 3.8) is 0 Å². The van der Waals surface area contributed by atoms with Gasteiger partial charge in [0, 0.05) is 17.0 Å². The fraction of sp³-hybridized carbons (Fsp3) is 0.0714. The molecule has 2 rings (SSSR count). The van der Waals surface area contributed by atoms with Gasteiger partial charge in [0.2, 0.25) is 0 Å². The van der Waals surface area contributed by atoms with E-state index >= 15 is 0 Å². The Kier molecular flexibility index (Phi) is 4.70. The van der Waals surface area contributed by atoms with Crippen LogP contribution in [0.2, 0.25) is 0 Å². The van der Waals surface area contributed by atoms with E-state index in [1.165, 1.54) is 23.9 Å². The third-order valence-corrected chi connectivity index (χ3v) is 4.00. The zero-order valence-corrected chi connectivity index (χ0v) is 12.2. The molecule has 0 N–H and O–H groups in total. The monoisotopic (exact) mass is 305 g/mol. The van der Waals surface area contributed by atoms with Gasteiger partial charge >= 0.3 is 0 Å². The first-order chi connectivity index (χ1) is 9.60. The van der Waals surface area contributed by atoms with Gasteiger partial charge in [-0.15, -0.1) is 0 Å². The van der Waals surface area contributed by atoms with Crippen LogP contribution in [0.3, 0.4) is 0 Å². The summed E-state index contributed by atoms with van der Waals surface area (Å²) in [6, 6.07) is 13.8. The van der Waals surface area contributed by atoms with E-state index in [2.05, 4.69) is 0 Å². The van der Waals surface area contributed by atoms with Crippen LogP contribution in [0.15, 0.2) is 53.4 Å². The summed E-state index contributed by atoms with van der Waals surface area (Å²) in [5.74, 6) is 0.775. The van der Waals surface area contributed by atoms with Crippen molar-refractivity contribution in [2.45, 2.75) is 4.90 Å². The van der Waals surface area contributed by atoms with Crippen molar-refractivity contribution in [1.29, 1.82) is 0 Å². The molecule has 2 aromatic carbocycles. The van der Waals surface area contributed by atoms with Crippen LogP contribution in [0.5, 0.6) is 5.75 Å². The van der Waals surface area contributed by atoms with E-state index in [0.717, 1.165) is 16.2 Å². The van der Waals surface area contributed by atoms with Gasteiger partial charge in [0.15, 0.2) is 0 Å². The second kappa shape index (κ2) is 6.49. The fourth-order valence-corrected chi connectivity index (χ4v) is 2.69. The smallest absolute Gasteiger partial charge is 0.269 e. The maximum Gasteiger partial charge on any atom is 0.269 e. The summed E-state index contributed by atoms with van der Waals surface area (Å²) >= 11 is 6.75. The quantitative estimate of drug-likeness (QED) is 0.369.